The number of ether oxygens (including phenoxy) is 2. The Morgan fingerprint density at radius 2 is 1.62 bits per heavy atom. The predicted octanol–water partition coefficient (Wildman–Crippen LogP) is 8.36. The van der Waals surface area contributed by atoms with Crippen molar-refractivity contribution in [2.75, 3.05) is 7.11 Å². The van der Waals surface area contributed by atoms with Crippen molar-refractivity contribution in [1.29, 1.82) is 0 Å². The van der Waals surface area contributed by atoms with E-state index in [1.54, 1.807) is 12.0 Å². The molecular formula is C32H26BrClN2O3S. The molecule has 1 amide bonds. The molecule has 0 bridgehead atoms. The molecule has 0 aromatic heterocycles. The van der Waals surface area contributed by atoms with Crippen molar-refractivity contribution in [2.24, 2.45) is 4.99 Å². The van der Waals surface area contributed by atoms with Crippen molar-refractivity contribution in [1.82, 2.24) is 4.90 Å². The van der Waals surface area contributed by atoms with Gasteiger partial charge in [-0.25, -0.2) is 0 Å². The molecule has 0 spiro atoms. The van der Waals surface area contributed by atoms with Gasteiger partial charge >= 0.3 is 0 Å². The first-order valence-corrected chi connectivity index (χ1v) is 14.6. The molecule has 1 fully saturated rings. The summed E-state index contributed by atoms with van der Waals surface area (Å²) in [7, 11) is 1.59. The van der Waals surface area contributed by atoms with Crippen molar-refractivity contribution in [3.63, 3.8) is 0 Å². The lowest BCUT2D eigenvalue weighted by atomic mass is 10.1. The smallest absolute Gasteiger partial charge is 0.267 e. The van der Waals surface area contributed by atoms with Gasteiger partial charge in [0.15, 0.2) is 16.7 Å². The molecule has 1 saturated heterocycles. The SMILES string of the molecule is COc1cc(/C=C2\SC(=NCc3ccccc3)N(Cc3ccccc3)C2=O)cc(Br)c1OCc1ccccc1Cl. The number of carbonyl (C=O) groups excluding carboxylic acids is 1. The number of benzene rings is 4. The van der Waals surface area contributed by atoms with E-state index in [2.05, 4.69) is 15.9 Å². The molecule has 1 aliphatic rings. The van der Waals surface area contributed by atoms with Crippen LogP contribution < -0.4 is 9.47 Å². The van der Waals surface area contributed by atoms with Crippen LogP contribution in [0.4, 0.5) is 0 Å². The van der Waals surface area contributed by atoms with Gasteiger partial charge < -0.3 is 9.47 Å². The third-order valence-corrected chi connectivity index (χ3v) is 8.19. The Morgan fingerprint density at radius 1 is 0.950 bits per heavy atom. The lowest BCUT2D eigenvalue weighted by Gasteiger charge is -2.16. The van der Waals surface area contributed by atoms with E-state index >= 15 is 0 Å². The highest BCUT2D eigenvalue weighted by atomic mass is 79.9. The van der Waals surface area contributed by atoms with Crippen LogP contribution in [-0.2, 0) is 24.5 Å². The van der Waals surface area contributed by atoms with Crippen LogP contribution in [0, 0.1) is 0 Å². The molecule has 1 heterocycles. The predicted molar refractivity (Wildman–Crippen MR) is 167 cm³/mol. The molecule has 5 nitrogen and oxygen atoms in total. The molecule has 0 unspecified atom stereocenters. The van der Waals surface area contributed by atoms with Crippen LogP contribution in [0.2, 0.25) is 5.02 Å². The monoisotopic (exact) mass is 632 g/mol. The van der Waals surface area contributed by atoms with E-state index in [0.717, 1.165) is 22.3 Å². The molecule has 202 valence electrons. The van der Waals surface area contributed by atoms with Crippen molar-refractivity contribution in [3.05, 3.63) is 134 Å². The number of aliphatic imine (C=N–C) groups is 1. The molecule has 4 aromatic carbocycles. The van der Waals surface area contributed by atoms with Crippen LogP contribution in [0.5, 0.6) is 11.5 Å². The van der Waals surface area contributed by atoms with Crippen molar-refractivity contribution in [3.8, 4) is 11.5 Å². The minimum absolute atomic E-state index is 0.0881. The number of rotatable bonds is 9. The van der Waals surface area contributed by atoms with E-state index < -0.39 is 0 Å². The molecule has 0 radical (unpaired) electrons. The van der Waals surface area contributed by atoms with Gasteiger partial charge in [-0.15, -0.1) is 0 Å². The maximum Gasteiger partial charge on any atom is 0.267 e. The first kappa shape index (κ1) is 28.0. The van der Waals surface area contributed by atoms with Gasteiger partial charge in [0.25, 0.3) is 5.91 Å². The van der Waals surface area contributed by atoms with E-state index in [0.29, 0.717) is 50.8 Å². The summed E-state index contributed by atoms with van der Waals surface area (Å²) >= 11 is 11.3. The van der Waals surface area contributed by atoms with E-state index in [-0.39, 0.29) is 5.91 Å². The molecule has 0 aliphatic carbocycles. The quantitative estimate of drug-likeness (QED) is 0.174. The highest BCUT2D eigenvalue weighted by Gasteiger charge is 2.33. The topological polar surface area (TPSA) is 51.1 Å². The van der Waals surface area contributed by atoms with Crippen LogP contribution >= 0.6 is 39.3 Å². The summed E-state index contributed by atoms with van der Waals surface area (Å²) in [5.74, 6) is 1.02. The molecule has 8 heteroatoms. The average molecular weight is 634 g/mol. The van der Waals surface area contributed by atoms with Crippen LogP contribution in [-0.4, -0.2) is 23.1 Å². The summed E-state index contributed by atoms with van der Waals surface area (Å²) in [6.45, 7) is 1.23. The number of hydrogen-bond acceptors (Lipinski definition) is 5. The zero-order valence-corrected chi connectivity index (χ0v) is 24.9. The van der Waals surface area contributed by atoms with Crippen LogP contribution in [0.1, 0.15) is 22.3 Å². The number of halogens is 2. The number of nitrogens with zero attached hydrogens (tertiary/aromatic N) is 2. The molecule has 0 atom stereocenters. The number of carbonyl (C=O) groups is 1. The largest absolute Gasteiger partial charge is 0.493 e. The summed E-state index contributed by atoms with van der Waals surface area (Å²) in [6.07, 6.45) is 1.86. The first-order valence-electron chi connectivity index (χ1n) is 12.6. The number of amides is 1. The fourth-order valence-electron chi connectivity index (χ4n) is 4.15. The van der Waals surface area contributed by atoms with E-state index in [4.69, 9.17) is 26.1 Å². The van der Waals surface area contributed by atoms with Crippen LogP contribution in [0.25, 0.3) is 6.08 Å². The Kier molecular flexibility index (Phi) is 9.26. The second-order valence-corrected chi connectivity index (χ2v) is 11.3. The van der Waals surface area contributed by atoms with Crippen LogP contribution in [0.15, 0.2) is 111 Å². The molecule has 0 saturated carbocycles. The number of thioether (sulfide) groups is 1. The van der Waals surface area contributed by atoms with Crippen molar-refractivity contribution >= 4 is 56.4 Å². The summed E-state index contributed by atoms with van der Waals surface area (Å²) in [6, 6.07) is 31.3. The number of methoxy groups -OCH3 is 1. The summed E-state index contributed by atoms with van der Waals surface area (Å²) in [4.78, 5) is 20.8. The normalized spacial score (nSPS) is 15.2. The van der Waals surface area contributed by atoms with Crippen molar-refractivity contribution < 1.29 is 14.3 Å². The van der Waals surface area contributed by atoms with E-state index in [1.165, 1.54) is 11.8 Å². The fourth-order valence-corrected chi connectivity index (χ4v) is 5.89. The molecule has 4 aromatic rings. The van der Waals surface area contributed by atoms with Crippen LogP contribution in [0.3, 0.4) is 0 Å². The summed E-state index contributed by atoms with van der Waals surface area (Å²) in [5.41, 5.74) is 3.79. The van der Waals surface area contributed by atoms with Gasteiger partial charge in [0.05, 0.1) is 29.6 Å². The number of amidine groups is 1. The lowest BCUT2D eigenvalue weighted by Crippen LogP contribution is -2.28. The molecule has 1 aliphatic heterocycles. The minimum Gasteiger partial charge on any atom is -0.493 e. The zero-order valence-electron chi connectivity index (χ0n) is 21.7. The second kappa shape index (κ2) is 13.2. The maximum absolute atomic E-state index is 13.6. The highest BCUT2D eigenvalue weighted by molar-refractivity contribution is 9.10. The van der Waals surface area contributed by atoms with Crippen molar-refractivity contribution in [2.45, 2.75) is 19.7 Å². The minimum atomic E-state index is -0.0881. The maximum atomic E-state index is 13.6. The standard InChI is InChI=1S/C32H26BrClN2O3S/c1-38-28-17-24(16-26(33)30(28)39-21-25-14-8-9-15-27(25)34)18-29-31(37)36(20-23-12-6-3-7-13-23)32(40-29)35-19-22-10-4-2-5-11-22/h2-18H,19-21H2,1H3/b29-18-,35-32?. The molecule has 5 rings (SSSR count). The molecule has 0 N–H and O–H groups in total. The van der Waals surface area contributed by atoms with Gasteiger partial charge in [-0.1, -0.05) is 90.5 Å². The number of hydrogen-bond donors (Lipinski definition) is 0. The summed E-state index contributed by atoms with van der Waals surface area (Å²) in [5, 5.41) is 1.31. The van der Waals surface area contributed by atoms with Gasteiger partial charge in [-0.3, -0.25) is 14.7 Å². The van der Waals surface area contributed by atoms with Gasteiger partial charge in [0.1, 0.15) is 6.61 Å². The fraction of sp³-hybridized carbons (Fsp3) is 0.125. The Labute approximate surface area is 251 Å². The van der Waals surface area contributed by atoms with E-state index in [1.807, 2.05) is 103 Å². The van der Waals surface area contributed by atoms with E-state index in [9.17, 15) is 4.79 Å². The Bertz CT molecular complexity index is 1560. The average Bonchev–Trinajstić information content (AvgIpc) is 3.26. The second-order valence-electron chi connectivity index (χ2n) is 8.99. The third-order valence-electron chi connectivity index (χ3n) is 6.19. The zero-order chi connectivity index (χ0) is 27.9. The van der Waals surface area contributed by atoms with Gasteiger partial charge in [-0.05, 0) is 68.7 Å². The Balaban J connectivity index is 1.41. The molecule has 40 heavy (non-hydrogen) atoms. The summed E-state index contributed by atoms with van der Waals surface area (Å²) < 4.78 is 12.4. The van der Waals surface area contributed by atoms with Gasteiger partial charge in [-0.2, -0.15) is 0 Å². The third kappa shape index (κ3) is 6.78. The lowest BCUT2D eigenvalue weighted by molar-refractivity contribution is -0.122. The first-order chi connectivity index (χ1) is 19.5. The Hall–Kier alpha value is -3.52. The highest BCUT2D eigenvalue weighted by Crippen LogP contribution is 2.40. The van der Waals surface area contributed by atoms with Gasteiger partial charge in [0, 0.05) is 10.6 Å². The Morgan fingerprint density at radius 3 is 2.33 bits per heavy atom. The van der Waals surface area contributed by atoms with Gasteiger partial charge in [0.2, 0.25) is 0 Å². The molecular weight excluding hydrogens is 608 g/mol.